The number of aromatic nitrogens is 1. The molecule has 0 fully saturated rings. The third kappa shape index (κ3) is 2.45. The first-order valence-corrected chi connectivity index (χ1v) is 6.63. The number of hydrogen-bond donors (Lipinski definition) is 1. The Morgan fingerprint density at radius 1 is 1.40 bits per heavy atom. The van der Waals surface area contributed by atoms with Gasteiger partial charge in [0.15, 0.2) is 0 Å². The highest BCUT2D eigenvalue weighted by Gasteiger charge is 2.12. The van der Waals surface area contributed by atoms with Crippen LogP contribution in [0.25, 0.3) is 0 Å². The monoisotopic (exact) mass is 238 g/mol. The van der Waals surface area contributed by atoms with Crippen LogP contribution in [0.15, 0.2) is 16.8 Å². The van der Waals surface area contributed by atoms with Gasteiger partial charge in [-0.25, -0.2) is 4.98 Å². The standard InChI is InChI=1S/C11H14N2S2/c1-7-3-4-14-11(7)10(12)5-9-6-15-8(2)13-9/h3-4,6,10H,5,12H2,1-2H3. The summed E-state index contributed by atoms with van der Waals surface area (Å²) in [6.07, 6.45) is 0.839. The Kier molecular flexibility index (Phi) is 3.19. The quantitative estimate of drug-likeness (QED) is 0.892. The van der Waals surface area contributed by atoms with E-state index < -0.39 is 0 Å². The topological polar surface area (TPSA) is 38.9 Å². The maximum Gasteiger partial charge on any atom is 0.0897 e. The molecule has 0 radical (unpaired) electrons. The van der Waals surface area contributed by atoms with Crippen LogP contribution >= 0.6 is 22.7 Å². The molecule has 2 heterocycles. The van der Waals surface area contributed by atoms with Crippen molar-refractivity contribution in [3.63, 3.8) is 0 Å². The van der Waals surface area contributed by atoms with Gasteiger partial charge in [0, 0.05) is 22.7 Å². The Morgan fingerprint density at radius 2 is 2.20 bits per heavy atom. The molecule has 0 amide bonds. The predicted molar refractivity (Wildman–Crippen MR) is 66.5 cm³/mol. The lowest BCUT2D eigenvalue weighted by molar-refractivity contribution is 0.718. The molecule has 0 aromatic carbocycles. The number of rotatable bonds is 3. The lowest BCUT2D eigenvalue weighted by Crippen LogP contribution is -2.13. The van der Waals surface area contributed by atoms with Crippen LogP contribution in [0.3, 0.4) is 0 Å². The minimum absolute atomic E-state index is 0.0894. The summed E-state index contributed by atoms with van der Waals surface area (Å²) in [4.78, 5) is 5.71. The van der Waals surface area contributed by atoms with Gasteiger partial charge in [0.25, 0.3) is 0 Å². The van der Waals surface area contributed by atoms with Crippen LogP contribution in [0.1, 0.15) is 27.2 Å². The Labute approximate surface area is 97.8 Å². The van der Waals surface area contributed by atoms with Gasteiger partial charge in [-0.3, -0.25) is 0 Å². The third-order valence-electron chi connectivity index (χ3n) is 2.33. The van der Waals surface area contributed by atoms with E-state index in [2.05, 4.69) is 28.7 Å². The summed E-state index contributed by atoms with van der Waals surface area (Å²) >= 11 is 3.42. The highest BCUT2D eigenvalue weighted by Crippen LogP contribution is 2.25. The fraction of sp³-hybridized carbons (Fsp3) is 0.364. The van der Waals surface area contributed by atoms with Crippen molar-refractivity contribution < 1.29 is 0 Å². The summed E-state index contributed by atoms with van der Waals surface area (Å²) in [6, 6.07) is 2.21. The second-order valence-electron chi connectivity index (χ2n) is 3.64. The van der Waals surface area contributed by atoms with E-state index in [-0.39, 0.29) is 6.04 Å². The van der Waals surface area contributed by atoms with Gasteiger partial charge in [0.2, 0.25) is 0 Å². The van der Waals surface area contributed by atoms with Crippen LogP contribution in [0, 0.1) is 13.8 Å². The minimum atomic E-state index is 0.0894. The second kappa shape index (κ2) is 4.43. The van der Waals surface area contributed by atoms with Crippen LogP contribution in [-0.4, -0.2) is 4.98 Å². The summed E-state index contributed by atoms with van der Waals surface area (Å²) in [5.74, 6) is 0. The van der Waals surface area contributed by atoms with E-state index in [4.69, 9.17) is 5.73 Å². The van der Waals surface area contributed by atoms with Gasteiger partial charge < -0.3 is 5.73 Å². The molecular formula is C11H14N2S2. The fourth-order valence-corrected chi connectivity index (χ4v) is 3.14. The first-order chi connectivity index (χ1) is 7.16. The van der Waals surface area contributed by atoms with E-state index >= 15 is 0 Å². The zero-order chi connectivity index (χ0) is 10.8. The van der Waals surface area contributed by atoms with E-state index in [1.165, 1.54) is 10.4 Å². The first-order valence-electron chi connectivity index (χ1n) is 4.87. The Morgan fingerprint density at radius 3 is 2.73 bits per heavy atom. The van der Waals surface area contributed by atoms with Crippen molar-refractivity contribution in [3.05, 3.63) is 38.0 Å². The molecule has 2 N–H and O–H groups in total. The summed E-state index contributed by atoms with van der Waals surface area (Å²) in [7, 11) is 0. The SMILES string of the molecule is Cc1nc(CC(N)c2sccc2C)cs1. The first kappa shape index (κ1) is 10.8. The zero-order valence-electron chi connectivity index (χ0n) is 8.86. The largest absolute Gasteiger partial charge is 0.323 e. The molecule has 80 valence electrons. The maximum absolute atomic E-state index is 6.16. The molecule has 4 heteroatoms. The average molecular weight is 238 g/mol. The molecule has 2 aromatic rings. The van der Waals surface area contributed by atoms with E-state index in [1.54, 1.807) is 22.7 Å². The number of hydrogen-bond acceptors (Lipinski definition) is 4. The molecule has 2 nitrogen and oxygen atoms in total. The summed E-state index contributed by atoms with van der Waals surface area (Å²) < 4.78 is 0. The van der Waals surface area contributed by atoms with E-state index in [1.807, 2.05) is 6.92 Å². The number of aryl methyl sites for hydroxylation is 2. The fourth-order valence-electron chi connectivity index (χ4n) is 1.58. The van der Waals surface area contributed by atoms with Crippen LogP contribution < -0.4 is 5.73 Å². The van der Waals surface area contributed by atoms with Gasteiger partial charge in [-0.05, 0) is 30.9 Å². The van der Waals surface area contributed by atoms with Gasteiger partial charge >= 0.3 is 0 Å². The van der Waals surface area contributed by atoms with Crippen LogP contribution in [0.4, 0.5) is 0 Å². The average Bonchev–Trinajstić information content (AvgIpc) is 2.75. The van der Waals surface area contributed by atoms with Gasteiger partial charge in [-0.1, -0.05) is 0 Å². The molecule has 15 heavy (non-hydrogen) atoms. The smallest absolute Gasteiger partial charge is 0.0897 e. The number of thiophene rings is 1. The van der Waals surface area contributed by atoms with Gasteiger partial charge in [0.1, 0.15) is 0 Å². The molecule has 1 atom stereocenters. The molecule has 0 saturated heterocycles. The number of nitrogens with zero attached hydrogens (tertiary/aromatic N) is 1. The van der Waals surface area contributed by atoms with Crippen molar-refractivity contribution in [3.8, 4) is 0 Å². The summed E-state index contributed by atoms with van der Waals surface area (Å²) in [5.41, 5.74) is 8.56. The van der Waals surface area contributed by atoms with E-state index in [0.717, 1.165) is 17.1 Å². The number of thiazole rings is 1. The molecule has 0 bridgehead atoms. The molecule has 2 aromatic heterocycles. The zero-order valence-corrected chi connectivity index (χ0v) is 10.5. The van der Waals surface area contributed by atoms with E-state index in [9.17, 15) is 0 Å². The van der Waals surface area contributed by atoms with E-state index in [0.29, 0.717) is 0 Å². The molecule has 0 aliphatic heterocycles. The van der Waals surface area contributed by atoms with Crippen molar-refractivity contribution in [2.24, 2.45) is 5.73 Å². The predicted octanol–water partition coefficient (Wildman–Crippen LogP) is 3.06. The van der Waals surface area contributed by atoms with Crippen molar-refractivity contribution in [1.29, 1.82) is 0 Å². The summed E-state index contributed by atoms with van der Waals surface area (Å²) in [6.45, 7) is 4.13. The maximum atomic E-state index is 6.16. The van der Waals surface area contributed by atoms with Crippen LogP contribution in [0.5, 0.6) is 0 Å². The second-order valence-corrected chi connectivity index (χ2v) is 5.65. The Balaban J connectivity index is 2.10. The normalized spacial score (nSPS) is 13.0. The minimum Gasteiger partial charge on any atom is -0.323 e. The van der Waals surface area contributed by atoms with Crippen LogP contribution in [-0.2, 0) is 6.42 Å². The third-order valence-corrected chi connectivity index (χ3v) is 4.31. The van der Waals surface area contributed by atoms with Gasteiger partial charge in [0.05, 0.1) is 10.7 Å². The molecule has 0 spiro atoms. The Bertz CT molecular complexity index is 445. The molecular weight excluding hydrogens is 224 g/mol. The summed E-state index contributed by atoms with van der Waals surface area (Å²) in [5, 5.41) is 5.30. The number of nitrogens with two attached hydrogens (primary N) is 1. The van der Waals surface area contributed by atoms with Crippen molar-refractivity contribution in [2.75, 3.05) is 0 Å². The molecule has 0 saturated carbocycles. The molecule has 0 aliphatic carbocycles. The Hall–Kier alpha value is -0.710. The molecule has 0 aliphatic rings. The molecule has 2 rings (SSSR count). The van der Waals surface area contributed by atoms with Crippen molar-refractivity contribution >= 4 is 22.7 Å². The van der Waals surface area contributed by atoms with Gasteiger partial charge in [-0.15, -0.1) is 22.7 Å². The highest BCUT2D eigenvalue weighted by atomic mass is 32.1. The lowest BCUT2D eigenvalue weighted by atomic mass is 10.1. The lowest BCUT2D eigenvalue weighted by Gasteiger charge is -2.08. The van der Waals surface area contributed by atoms with Crippen molar-refractivity contribution in [2.45, 2.75) is 26.3 Å². The van der Waals surface area contributed by atoms with Gasteiger partial charge in [-0.2, -0.15) is 0 Å². The van der Waals surface area contributed by atoms with Crippen LogP contribution in [0.2, 0.25) is 0 Å². The highest BCUT2D eigenvalue weighted by molar-refractivity contribution is 7.10. The van der Waals surface area contributed by atoms with Crippen molar-refractivity contribution in [1.82, 2.24) is 4.98 Å². The molecule has 1 unspecified atom stereocenters.